The Balaban J connectivity index is 2.00. The molecule has 2 rings (SSSR count). The van der Waals surface area contributed by atoms with Gasteiger partial charge in [0.2, 0.25) is 0 Å². The molecule has 3 nitrogen and oxygen atoms in total. The summed E-state index contributed by atoms with van der Waals surface area (Å²) < 4.78 is 0.984. The number of anilines is 1. The van der Waals surface area contributed by atoms with E-state index in [0.717, 1.165) is 15.7 Å². The lowest BCUT2D eigenvalue weighted by atomic mass is 10.1. The number of thiocarbonyl (C=S) groups is 1. The van der Waals surface area contributed by atoms with Gasteiger partial charge in [0, 0.05) is 15.7 Å². The Kier molecular flexibility index (Phi) is 4.87. The van der Waals surface area contributed by atoms with Crippen LogP contribution in [0.3, 0.4) is 0 Å². The maximum Gasteiger partial charge on any atom is 0.257 e. The molecule has 2 aromatic carbocycles. The van der Waals surface area contributed by atoms with Crippen LogP contribution in [0.4, 0.5) is 5.69 Å². The quantitative estimate of drug-likeness (QED) is 0.809. The number of amides is 1. The smallest absolute Gasteiger partial charge is 0.257 e. The fraction of sp³-hybridized carbons (Fsp3) is 0.0667. The number of carbonyl (C=O) groups excluding carboxylic acids is 1. The van der Waals surface area contributed by atoms with Crippen LogP contribution in [0.15, 0.2) is 53.0 Å². The second-order valence-electron chi connectivity index (χ2n) is 4.23. The maximum absolute atomic E-state index is 12.1. The Bertz CT molecular complexity index is 641. The van der Waals surface area contributed by atoms with Crippen LogP contribution in [0, 0.1) is 6.92 Å². The number of aryl methyl sites for hydroxylation is 1. The molecule has 0 atom stereocenters. The monoisotopic (exact) mass is 348 g/mol. The molecule has 0 aromatic heterocycles. The lowest BCUT2D eigenvalue weighted by molar-refractivity contribution is 0.0977. The second kappa shape index (κ2) is 6.63. The van der Waals surface area contributed by atoms with Gasteiger partial charge in [0.15, 0.2) is 5.11 Å². The summed E-state index contributed by atoms with van der Waals surface area (Å²) in [4.78, 5) is 12.1. The first kappa shape index (κ1) is 14.7. The van der Waals surface area contributed by atoms with E-state index >= 15 is 0 Å². The fourth-order valence-electron chi connectivity index (χ4n) is 1.69. The third kappa shape index (κ3) is 3.88. The molecule has 0 radical (unpaired) electrons. The van der Waals surface area contributed by atoms with E-state index in [1.54, 1.807) is 6.07 Å². The van der Waals surface area contributed by atoms with E-state index in [-0.39, 0.29) is 11.0 Å². The summed E-state index contributed by atoms with van der Waals surface area (Å²) in [5.74, 6) is -0.210. The lowest BCUT2D eigenvalue weighted by Gasteiger charge is -2.10. The van der Waals surface area contributed by atoms with E-state index < -0.39 is 0 Å². The van der Waals surface area contributed by atoms with Crippen LogP contribution in [0.2, 0.25) is 0 Å². The van der Waals surface area contributed by atoms with Gasteiger partial charge in [-0.25, -0.2) is 0 Å². The van der Waals surface area contributed by atoms with Gasteiger partial charge in [0.25, 0.3) is 5.91 Å². The normalized spacial score (nSPS) is 9.90. The molecule has 0 aliphatic heterocycles. The van der Waals surface area contributed by atoms with Crippen LogP contribution in [0.25, 0.3) is 0 Å². The zero-order chi connectivity index (χ0) is 14.5. The number of carbonyl (C=O) groups is 1. The minimum Gasteiger partial charge on any atom is -0.332 e. The third-order valence-corrected chi connectivity index (χ3v) is 3.45. The van der Waals surface area contributed by atoms with Crippen LogP contribution < -0.4 is 10.6 Å². The summed E-state index contributed by atoms with van der Waals surface area (Å²) in [7, 11) is 0. The zero-order valence-electron chi connectivity index (χ0n) is 10.8. The molecule has 0 unspecified atom stereocenters. The Morgan fingerprint density at radius 1 is 1.10 bits per heavy atom. The molecule has 0 bridgehead atoms. The molecule has 0 fully saturated rings. The van der Waals surface area contributed by atoms with Crippen LogP contribution in [0.1, 0.15) is 15.9 Å². The summed E-state index contributed by atoms with van der Waals surface area (Å²) >= 11 is 8.49. The summed E-state index contributed by atoms with van der Waals surface area (Å²) in [6.07, 6.45) is 0. The molecule has 2 aromatic rings. The number of halogens is 1. The van der Waals surface area contributed by atoms with Gasteiger partial charge in [0.05, 0.1) is 0 Å². The zero-order valence-corrected chi connectivity index (χ0v) is 13.2. The van der Waals surface area contributed by atoms with Crippen molar-refractivity contribution < 1.29 is 4.79 Å². The number of nitrogens with one attached hydrogen (secondary N) is 2. The van der Waals surface area contributed by atoms with Crippen molar-refractivity contribution in [3.8, 4) is 0 Å². The van der Waals surface area contributed by atoms with Crippen molar-refractivity contribution in [2.75, 3.05) is 5.32 Å². The summed E-state index contributed by atoms with van der Waals surface area (Å²) in [5.41, 5.74) is 2.35. The Labute approximate surface area is 131 Å². The van der Waals surface area contributed by atoms with Gasteiger partial charge >= 0.3 is 0 Å². The molecular formula is C15H13BrN2OS. The highest BCUT2D eigenvalue weighted by molar-refractivity contribution is 9.10. The Morgan fingerprint density at radius 2 is 1.75 bits per heavy atom. The molecule has 20 heavy (non-hydrogen) atoms. The molecule has 0 aliphatic carbocycles. The molecule has 1 amide bonds. The summed E-state index contributed by atoms with van der Waals surface area (Å²) in [6, 6.07) is 14.9. The minimum absolute atomic E-state index is 0.210. The topological polar surface area (TPSA) is 41.1 Å². The van der Waals surface area contributed by atoms with E-state index in [2.05, 4.69) is 26.6 Å². The largest absolute Gasteiger partial charge is 0.332 e. The second-order valence-corrected chi connectivity index (χ2v) is 5.55. The number of hydrogen-bond donors (Lipinski definition) is 2. The van der Waals surface area contributed by atoms with Crippen molar-refractivity contribution in [2.45, 2.75) is 6.92 Å². The highest BCUT2D eigenvalue weighted by Crippen LogP contribution is 2.14. The van der Waals surface area contributed by atoms with Gasteiger partial charge in [-0.05, 0) is 55.0 Å². The van der Waals surface area contributed by atoms with E-state index in [1.165, 1.54) is 0 Å². The molecule has 0 saturated carbocycles. The van der Waals surface area contributed by atoms with Crippen molar-refractivity contribution in [1.29, 1.82) is 0 Å². The fourth-order valence-corrected chi connectivity index (χ4v) is 2.17. The first-order chi connectivity index (χ1) is 9.56. The summed E-state index contributed by atoms with van der Waals surface area (Å²) in [5, 5.41) is 5.92. The van der Waals surface area contributed by atoms with Crippen LogP contribution in [0.5, 0.6) is 0 Å². The average Bonchev–Trinajstić information content (AvgIpc) is 2.41. The lowest BCUT2D eigenvalue weighted by Crippen LogP contribution is -2.34. The molecule has 2 N–H and O–H groups in total. The highest BCUT2D eigenvalue weighted by atomic mass is 79.9. The van der Waals surface area contributed by atoms with E-state index in [1.807, 2.05) is 49.4 Å². The van der Waals surface area contributed by atoms with Crippen LogP contribution in [-0.2, 0) is 0 Å². The predicted octanol–water partition coefficient (Wildman–Crippen LogP) is 3.88. The van der Waals surface area contributed by atoms with E-state index in [4.69, 9.17) is 12.2 Å². The van der Waals surface area contributed by atoms with Gasteiger partial charge in [-0.2, -0.15) is 0 Å². The Morgan fingerprint density at radius 3 is 2.40 bits per heavy atom. The van der Waals surface area contributed by atoms with Crippen molar-refractivity contribution in [1.82, 2.24) is 5.32 Å². The SMILES string of the molecule is Cc1ccccc1C(=O)NC(=S)Nc1ccc(Br)cc1. The molecule has 102 valence electrons. The minimum atomic E-state index is -0.210. The first-order valence-electron chi connectivity index (χ1n) is 6.00. The molecule has 0 spiro atoms. The maximum atomic E-state index is 12.1. The van der Waals surface area contributed by atoms with Gasteiger partial charge in [0.1, 0.15) is 0 Å². The van der Waals surface area contributed by atoms with Gasteiger partial charge in [-0.1, -0.05) is 34.1 Å². The molecule has 0 aliphatic rings. The van der Waals surface area contributed by atoms with Gasteiger partial charge in [-0.15, -0.1) is 0 Å². The van der Waals surface area contributed by atoms with E-state index in [0.29, 0.717) is 5.56 Å². The van der Waals surface area contributed by atoms with Crippen molar-refractivity contribution in [3.63, 3.8) is 0 Å². The van der Waals surface area contributed by atoms with Crippen molar-refractivity contribution >= 4 is 44.9 Å². The molecule has 0 heterocycles. The third-order valence-electron chi connectivity index (χ3n) is 2.72. The standard InChI is InChI=1S/C15H13BrN2OS/c1-10-4-2-3-5-13(10)14(19)18-15(20)17-12-8-6-11(16)7-9-12/h2-9H,1H3,(H2,17,18,19,20). The van der Waals surface area contributed by atoms with Crippen molar-refractivity contribution in [2.24, 2.45) is 0 Å². The summed E-state index contributed by atoms with van der Waals surface area (Å²) in [6.45, 7) is 1.89. The number of rotatable bonds is 2. The van der Waals surface area contributed by atoms with Gasteiger partial charge < -0.3 is 5.32 Å². The number of hydrogen-bond acceptors (Lipinski definition) is 2. The van der Waals surface area contributed by atoms with E-state index in [9.17, 15) is 4.79 Å². The molecule has 0 saturated heterocycles. The Hall–Kier alpha value is -1.72. The molecular weight excluding hydrogens is 336 g/mol. The van der Waals surface area contributed by atoms with Crippen molar-refractivity contribution in [3.05, 3.63) is 64.1 Å². The average molecular weight is 349 g/mol. The number of benzene rings is 2. The van der Waals surface area contributed by atoms with Crippen LogP contribution >= 0.6 is 28.1 Å². The first-order valence-corrected chi connectivity index (χ1v) is 7.20. The van der Waals surface area contributed by atoms with Gasteiger partial charge in [-0.3, -0.25) is 10.1 Å². The molecule has 5 heteroatoms. The van der Waals surface area contributed by atoms with Crippen LogP contribution in [-0.4, -0.2) is 11.0 Å². The highest BCUT2D eigenvalue weighted by Gasteiger charge is 2.09. The predicted molar refractivity (Wildman–Crippen MR) is 89.0 cm³/mol.